The summed E-state index contributed by atoms with van der Waals surface area (Å²) in [6.07, 6.45) is 0. The molecule has 0 aliphatic heterocycles. The van der Waals surface area contributed by atoms with E-state index < -0.39 is 23.9 Å². The summed E-state index contributed by atoms with van der Waals surface area (Å²) < 4.78 is 18.5. The Balaban J connectivity index is 3.80. The van der Waals surface area contributed by atoms with Gasteiger partial charge >= 0.3 is 17.9 Å². The normalized spacial score (nSPS) is 16.4. The lowest BCUT2D eigenvalue weighted by Gasteiger charge is -2.10. The van der Waals surface area contributed by atoms with Gasteiger partial charge in [0, 0.05) is 0 Å². The second-order valence-electron chi connectivity index (χ2n) is 4.11. The van der Waals surface area contributed by atoms with Gasteiger partial charge in [0.2, 0.25) is 0 Å². The van der Waals surface area contributed by atoms with Gasteiger partial charge in [0.1, 0.15) is 0 Å². The van der Waals surface area contributed by atoms with Gasteiger partial charge in [-0.15, -0.1) is 0 Å². The first-order chi connectivity index (χ1) is 10.3. The van der Waals surface area contributed by atoms with Crippen LogP contribution < -0.4 is 0 Å². The third-order valence-corrected chi connectivity index (χ3v) is 3.08. The summed E-state index contributed by atoms with van der Waals surface area (Å²) in [5, 5.41) is 9.90. The van der Waals surface area contributed by atoms with Crippen molar-refractivity contribution >= 4 is 17.9 Å². The molecule has 0 spiro atoms. The predicted molar refractivity (Wildman–Crippen MR) is 72.4 cm³/mol. The van der Waals surface area contributed by atoms with Crippen LogP contribution in [0.4, 0.5) is 0 Å². The standard InChI is InChI=1S/C14H16O8/c1-6-7(11(15)19-2)9(13(17)21-4)10(14(18)22-5)8(6)12(16)20-3/h17H,1-5H3. The van der Waals surface area contributed by atoms with Crippen LogP contribution in [0.3, 0.4) is 0 Å². The Hall–Kier alpha value is -2.77. The fourth-order valence-corrected chi connectivity index (χ4v) is 2.09. The molecule has 22 heavy (non-hydrogen) atoms. The van der Waals surface area contributed by atoms with Crippen LogP contribution in [0.5, 0.6) is 0 Å². The van der Waals surface area contributed by atoms with Crippen molar-refractivity contribution in [3.8, 4) is 0 Å². The monoisotopic (exact) mass is 312 g/mol. The van der Waals surface area contributed by atoms with Gasteiger partial charge in [0.15, 0.2) is 0 Å². The van der Waals surface area contributed by atoms with E-state index in [1.165, 1.54) is 6.92 Å². The molecule has 0 aromatic heterocycles. The molecule has 1 N–H and O–H groups in total. The number of ether oxygens (including phenoxy) is 4. The second-order valence-corrected chi connectivity index (χ2v) is 4.11. The highest BCUT2D eigenvalue weighted by Crippen LogP contribution is 2.40. The molecule has 120 valence electrons. The number of aliphatic hydroxyl groups excluding tert-OH is 1. The summed E-state index contributed by atoms with van der Waals surface area (Å²) >= 11 is 0. The minimum Gasteiger partial charge on any atom is -0.481 e. The highest BCUT2D eigenvalue weighted by Gasteiger charge is 2.41. The van der Waals surface area contributed by atoms with Crippen LogP contribution >= 0.6 is 0 Å². The number of carbonyl (C=O) groups excluding carboxylic acids is 3. The van der Waals surface area contributed by atoms with Crippen molar-refractivity contribution in [2.24, 2.45) is 0 Å². The molecule has 0 saturated carbocycles. The van der Waals surface area contributed by atoms with Crippen molar-refractivity contribution in [2.45, 2.75) is 6.92 Å². The molecule has 0 heterocycles. The first-order valence-electron chi connectivity index (χ1n) is 6.04. The maximum atomic E-state index is 12.0. The third-order valence-electron chi connectivity index (χ3n) is 3.08. The lowest BCUT2D eigenvalue weighted by Crippen LogP contribution is -2.15. The van der Waals surface area contributed by atoms with Crippen LogP contribution in [0.2, 0.25) is 0 Å². The van der Waals surface area contributed by atoms with E-state index in [0.29, 0.717) is 0 Å². The Bertz CT molecular complexity index is 621. The number of hydrogen-bond donors (Lipinski definition) is 1. The number of methoxy groups -OCH3 is 4. The molecular formula is C14H16O8. The number of carbonyl (C=O) groups is 3. The number of hydrogen-bond acceptors (Lipinski definition) is 8. The lowest BCUT2D eigenvalue weighted by atomic mass is 10.0. The van der Waals surface area contributed by atoms with Crippen LogP contribution in [0.25, 0.3) is 0 Å². The van der Waals surface area contributed by atoms with Crippen LogP contribution in [0.15, 0.2) is 33.8 Å². The maximum Gasteiger partial charge on any atom is 0.339 e. The van der Waals surface area contributed by atoms with Gasteiger partial charge in [0.05, 0.1) is 50.7 Å². The van der Waals surface area contributed by atoms with E-state index in [9.17, 15) is 19.5 Å². The fraction of sp³-hybridized carbons (Fsp3) is 0.357. The molecule has 1 rings (SSSR count). The maximum absolute atomic E-state index is 12.0. The lowest BCUT2D eigenvalue weighted by molar-refractivity contribution is -0.138. The molecule has 8 nitrogen and oxygen atoms in total. The van der Waals surface area contributed by atoms with Gasteiger partial charge in [-0.1, -0.05) is 0 Å². The van der Waals surface area contributed by atoms with Crippen LogP contribution in [-0.4, -0.2) is 51.5 Å². The fourth-order valence-electron chi connectivity index (χ4n) is 2.09. The van der Waals surface area contributed by atoms with E-state index in [1.807, 2.05) is 0 Å². The average Bonchev–Trinajstić information content (AvgIpc) is 2.84. The molecule has 0 saturated heterocycles. The molecule has 0 fully saturated rings. The minimum atomic E-state index is -0.933. The van der Waals surface area contributed by atoms with Gasteiger partial charge in [-0.3, -0.25) is 0 Å². The largest absolute Gasteiger partial charge is 0.481 e. The molecule has 0 atom stereocenters. The highest BCUT2D eigenvalue weighted by atomic mass is 16.6. The molecule has 0 radical (unpaired) electrons. The quantitative estimate of drug-likeness (QED) is 0.455. The number of aliphatic hydroxyl groups is 1. The van der Waals surface area contributed by atoms with Crippen LogP contribution in [0.1, 0.15) is 6.92 Å². The van der Waals surface area contributed by atoms with E-state index in [4.69, 9.17) is 4.74 Å². The second kappa shape index (κ2) is 6.79. The van der Waals surface area contributed by atoms with E-state index in [1.54, 1.807) is 0 Å². The molecule has 1 aliphatic carbocycles. The SMILES string of the molecule is COC(=O)C1=C(C)C(C(=O)OC)=C(C(=O)OC)C1=C(O)OC. The van der Waals surface area contributed by atoms with Crippen molar-refractivity contribution in [1.82, 2.24) is 0 Å². The summed E-state index contributed by atoms with van der Waals surface area (Å²) in [7, 11) is 4.47. The predicted octanol–water partition coefficient (Wildman–Crippen LogP) is 0.548. The van der Waals surface area contributed by atoms with Gasteiger partial charge in [0.25, 0.3) is 5.95 Å². The Morgan fingerprint density at radius 2 is 1.14 bits per heavy atom. The van der Waals surface area contributed by atoms with Crippen molar-refractivity contribution in [3.05, 3.63) is 33.8 Å². The van der Waals surface area contributed by atoms with E-state index in [0.717, 1.165) is 28.4 Å². The van der Waals surface area contributed by atoms with E-state index >= 15 is 0 Å². The third kappa shape index (κ3) is 2.67. The zero-order valence-corrected chi connectivity index (χ0v) is 12.8. The molecule has 0 aromatic rings. The molecule has 0 unspecified atom stereocenters. The van der Waals surface area contributed by atoms with Gasteiger partial charge < -0.3 is 24.1 Å². The molecular weight excluding hydrogens is 296 g/mol. The van der Waals surface area contributed by atoms with Crippen LogP contribution in [0, 0.1) is 0 Å². The molecule has 0 bridgehead atoms. The topological polar surface area (TPSA) is 108 Å². The summed E-state index contributed by atoms with van der Waals surface area (Å²) in [4.78, 5) is 35.9. The molecule has 1 aliphatic rings. The Morgan fingerprint density at radius 1 is 0.727 bits per heavy atom. The van der Waals surface area contributed by atoms with Gasteiger partial charge in [-0.25, -0.2) is 14.4 Å². The average molecular weight is 312 g/mol. The van der Waals surface area contributed by atoms with E-state index in [2.05, 4.69) is 14.2 Å². The Kier molecular flexibility index (Phi) is 5.33. The zero-order chi connectivity index (χ0) is 17.0. The number of rotatable bonds is 4. The van der Waals surface area contributed by atoms with Crippen LogP contribution in [-0.2, 0) is 33.3 Å². The first kappa shape index (κ1) is 17.3. The smallest absolute Gasteiger partial charge is 0.339 e. The summed E-state index contributed by atoms with van der Waals surface area (Å²) in [5.41, 5.74) is -0.876. The van der Waals surface area contributed by atoms with E-state index in [-0.39, 0.29) is 27.9 Å². The van der Waals surface area contributed by atoms with Crippen molar-refractivity contribution in [2.75, 3.05) is 28.4 Å². The van der Waals surface area contributed by atoms with Gasteiger partial charge in [-0.05, 0) is 12.5 Å². The molecule has 8 heteroatoms. The van der Waals surface area contributed by atoms with Gasteiger partial charge in [-0.2, -0.15) is 0 Å². The minimum absolute atomic E-state index is 0.109. The van der Waals surface area contributed by atoms with Crippen molar-refractivity contribution in [1.29, 1.82) is 0 Å². The molecule has 0 amide bonds. The van der Waals surface area contributed by atoms with Crippen molar-refractivity contribution in [3.63, 3.8) is 0 Å². The Morgan fingerprint density at radius 3 is 1.55 bits per heavy atom. The zero-order valence-electron chi connectivity index (χ0n) is 12.8. The molecule has 0 aromatic carbocycles. The first-order valence-corrected chi connectivity index (χ1v) is 6.04. The summed E-state index contributed by atoms with van der Waals surface area (Å²) in [6.45, 7) is 1.41. The Labute approximate surface area is 126 Å². The van der Waals surface area contributed by atoms with Crippen molar-refractivity contribution < 1.29 is 38.4 Å². The summed E-state index contributed by atoms with van der Waals surface area (Å²) in [5.74, 6) is -3.37. The summed E-state index contributed by atoms with van der Waals surface area (Å²) in [6, 6.07) is 0. The highest BCUT2D eigenvalue weighted by molar-refractivity contribution is 6.15. The number of esters is 3.